The van der Waals surface area contributed by atoms with Crippen LogP contribution in [0, 0.1) is 11.3 Å². The molecular formula is C30H38N4O7. The zero-order valence-corrected chi connectivity index (χ0v) is 24.2. The summed E-state index contributed by atoms with van der Waals surface area (Å²) in [5, 5.41) is 2.78. The van der Waals surface area contributed by atoms with Gasteiger partial charge in [0.05, 0.1) is 31.8 Å². The van der Waals surface area contributed by atoms with Crippen LogP contribution < -0.4 is 14.8 Å². The second-order valence-electron chi connectivity index (χ2n) is 12.0. The number of carbonyl (C=O) groups excluding carboxylic acids is 3. The van der Waals surface area contributed by atoms with Gasteiger partial charge in [-0.25, -0.2) is 19.6 Å². The molecular weight excluding hydrogens is 528 g/mol. The fourth-order valence-electron chi connectivity index (χ4n) is 5.46. The number of ether oxygens (including phenoxy) is 4. The Morgan fingerprint density at radius 2 is 1.90 bits per heavy atom. The molecule has 3 heterocycles. The van der Waals surface area contributed by atoms with Crippen LogP contribution in [-0.2, 0) is 19.1 Å². The number of allylic oxidation sites excluding steroid dienone is 1. The third-order valence-electron chi connectivity index (χ3n) is 7.87. The first-order chi connectivity index (χ1) is 19.6. The molecule has 2 bridgehead atoms. The van der Waals surface area contributed by atoms with Gasteiger partial charge in [-0.1, -0.05) is 26.8 Å². The van der Waals surface area contributed by atoms with Crippen LogP contribution in [0.3, 0.4) is 0 Å². The van der Waals surface area contributed by atoms with E-state index in [1.165, 1.54) is 12.0 Å². The van der Waals surface area contributed by atoms with E-state index in [9.17, 15) is 14.4 Å². The van der Waals surface area contributed by atoms with Crippen molar-refractivity contribution in [2.45, 2.75) is 77.2 Å². The average molecular weight is 567 g/mol. The van der Waals surface area contributed by atoms with Gasteiger partial charge in [0.2, 0.25) is 11.8 Å². The summed E-state index contributed by atoms with van der Waals surface area (Å²) in [6, 6.07) is 3.65. The summed E-state index contributed by atoms with van der Waals surface area (Å²) in [6.45, 7) is 5.68. The van der Waals surface area contributed by atoms with Crippen LogP contribution >= 0.6 is 0 Å². The van der Waals surface area contributed by atoms with Crippen molar-refractivity contribution in [3.05, 3.63) is 30.0 Å². The maximum atomic E-state index is 13.9. The SMILES string of the molecule is COC(=O)[C@@H]1CC2CN1C(=O)[C@H](C(C)(C)C)NC(=O)OC1C[C@H]1CCC/C=C/c1nc3ccc(OC)cc3nc1O2. The monoisotopic (exact) mass is 566 g/mol. The molecule has 1 aromatic carbocycles. The van der Waals surface area contributed by atoms with E-state index in [-0.39, 0.29) is 19.1 Å². The number of nitrogens with zero attached hydrogens (tertiary/aromatic N) is 3. The highest BCUT2D eigenvalue weighted by Crippen LogP contribution is 2.38. The molecule has 1 aromatic heterocycles. The second-order valence-corrected chi connectivity index (χ2v) is 12.0. The minimum Gasteiger partial charge on any atom is -0.497 e. The number of rotatable bonds is 2. The van der Waals surface area contributed by atoms with E-state index >= 15 is 0 Å². The van der Waals surface area contributed by atoms with Crippen molar-refractivity contribution >= 4 is 35.1 Å². The minimum absolute atomic E-state index is 0.105. The molecule has 2 fully saturated rings. The molecule has 1 aliphatic carbocycles. The zero-order chi connectivity index (χ0) is 29.3. The van der Waals surface area contributed by atoms with Gasteiger partial charge in [-0.05, 0) is 55.2 Å². The van der Waals surface area contributed by atoms with Crippen molar-refractivity contribution in [2.24, 2.45) is 11.3 Å². The van der Waals surface area contributed by atoms with Crippen LogP contribution in [0.2, 0.25) is 0 Å². The van der Waals surface area contributed by atoms with E-state index in [0.29, 0.717) is 34.3 Å². The van der Waals surface area contributed by atoms with Crippen LogP contribution in [0.15, 0.2) is 24.3 Å². The Morgan fingerprint density at radius 3 is 2.63 bits per heavy atom. The van der Waals surface area contributed by atoms with E-state index in [4.69, 9.17) is 28.9 Å². The highest BCUT2D eigenvalue weighted by atomic mass is 16.6. The summed E-state index contributed by atoms with van der Waals surface area (Å²) in [7, 11) is 2.87. The predicted octanol–water partition coefficient (Wildman–Crippen LogP) is 3.89. The van der Waals surface area contributed by atoms with Gasteiger partial charge in [-0.3, -0.25) is 4.79 Å². The third kappa shape index (κ3) is 6.39. The molecule has 2 unspecified atom stereocenters. The molecule has 1 saturated heterocycles. The van der Waals surface area contributed by atoms with Gasteiger partial charge >= 0.3 is 12.1 Å². The van der Waals surface area contributed by atoms with Crippen molar-refractivity contribution in [3.8, 4) is 11.6 Å². The summed E-state index contributed by atoms with van der Waals surface area (Å²) in [5.41, 5.74) is 1.21. The Hall–Kier alpha value is -3.89. The molecule has 0 spiro atoms. The lowest BCUT2D eigenvalue weighted by atomic mass is 9.85. The zero-order valence-electron chi connectivity index (χ0n) is 24.2. The van der Waals surface area contributed by atoms with Gasteiger partial charge in [-0.2, -0.15) is 0 Å². The van der Waals surface area contributed by atoms with Crippen LogP contribution in [-0.4, -0.2) is 77.9 Å². The molecule has 41 heavy (non-hydrogen) atoms. The number of fused-ring (bicyclic) bond motifs is 5. The Bertz CT molecular complexity index is 1350. The number of amides is 2. The number of esters is 1. The van der Waals surface area contributed by atoms with Gasteiger partial charge in [0.25, 0.3) is 0 Å². The quantitative estimate of drug-likeness (QED) is 0.538. The highest BCUT2D eigenvalue weighted by Gasteiger charge is 2.47. The molecule has 1 N–H and O–H groups in total. The Morgan fingerprint density at radius 1 is 1.10 bits per heavy atom. The van der Waals surface area contributed by atoms with Gasteiger partial charge in [0, 0.05) is 12.5 Å². The lowest BCUT2D eigenvalue weighted by Crippen LogP contribution is -2.57. The first kappa shape index (κ1) is 28.6. The number of methoxy groups -OCH3 is 2. The van der Waals surface area contributed by atoms with Gasteiger partial charge in [0.15, 0.2) is 0 Å². The summed E-state index contributed by atoms with van der Waals surface area (Å²) < 4.78 is 22.4. The third-order valence-corrected chi connectivity index (χ3v) is 7.87. The van der Waals surface area contributed by atoms with Crippen molar-refractivity contribution in [3.63, 3.8) is 0 Å². The number of carbonyl (C=O) groups is 3. The average Bonchev–Trinajstić information content (AvgIpc) is 3.53. The van der Waals surface area contributed by atoms with E-state index in [1.807, 2.05) is 45.1 Å². The minimum atomic E-state index is -0.927. The largest absolute Gasteiger partial charge is 0.497 e. The first-order valence-electron chi connectivity index (χ1n) is 14.1. The van der Waals surface area contributed by atoms with Gasteiger partial charge in [-0.15, -0.1) is 0 Å². The molecule has 5 atom stereocenters. The second kappa shape index (κ2) is 11.5. The fraction of sp³-hybridized carbons (Fsp3) is 0.567. The standard InChI is InChI=1S/C30H38N4O7/c1-30(2,3)25-27(35)34-16-19(15-23(34)28(36)39-5)40-26-21(31-20-12-11-18(38-4)14-22(20)32-26)10-8-6-7-9-17-13-24(17)41-29(37)33-25/h8,10-12,14,17,19,23-25H,6-7,9,13,15-16H2,1-5H3,(H,33,37)/b10-8+/t17-,19?,23+,24?,25-/m1/s1. The molecule has 3 aliphatic rings. The molecule has 5 rings (SSSR count). The van der Waals surface area contributed by atoms with E-state index < -0.39 is 41.6 Å². The number of hydrogen-bond acceptors (Lipinski definition) is 9. The fourth-order valence-corrected chi connectivity index (χ4v) is 5.46. The van der Waals surface area contributed by atoms with Crippen LogP contribution in [0.25, 0.3) is 17.1 Å². The van der Waals surface area contributed by atoms with E-state index in [1.54, 1.807) is 13.2 Å². The van der Waals surface area contributed by atoms with Gasteiger partial charge < -0.3 is 29.2 Å². The number of aromatic nitrogens is 2. The normalized spacial score (nSPS) is 27.7. The Kier molecular flexibility index (Phi) is 8.06. The van der Waals surface area contributed by atoms with E-state index in [0.717, 1.165) is 25.7 Å². The lowest BCUT2D eigenvalue weighted by Gasteiger charge is -2.34. The molecule has 2 amide bonds. The smallest absolute Gasteiger partial charge is 0.408 e. The van der Waals surface area contributed by atoms with Crippen LogP contribution in [0.5, 0.6) is 11.6 Å². The number of nitrogens with one attached hydrogen (secondary N) is 1. The summed E-state index contributed by atoms with van der Waals surface area (Å²) in [6.07, 6.45) is 6.27. The van der Waals surface area contributed by atoms with Crippen LogP contribution in [0.4, 0.5) is 4.79 Å². The molecule has 2 aromatic rings. The van der Waals surface area contributed by atoms with Gasteiger partial charge in [0.1, 0.15) is 35.7 Å². The topological polar surface area (TPSA) is 129 Å². The summed E-state index contributed by atoms with van der Waals surface area (Å²) in [5.74, 6) is 0.291. The lowest BCUT2D eigenvalue weighted by molar-refractivity contribution is -0.152. The summed E-state index contributed by atoms with van der Waals surface area (Å²) >= 11 is 0. The molecule has 1 saturated carbocycles. The number of alkyl carbamates (subject to hydrolysis) is 1. The molecule has 220 valence electrons. The molecule has 11 heteroatoms. The first-order valence-corrected chi connectivity index (χ1v) is 14.1. The van der Waals surface area contributed by atoms with Crippen molar-refractivity contribution in [1.82, 2.24) is 20.2 Å². The van der Waals surface area contributed by atoms with Crippen molar-refractivity contribution in [1.29, 1.82) is 0 Å². The maximum Gasteiger partial charge on any atom is 0.408 e. The maximum absolute atomic E-state index is 13.9. The molecule has 0 radical (unpaired) electrons. The van der Waals surface area contributed by atoms with Crippen LogP contribution in [0.1, 0.15) is 58.6 Å². The Labute approximate surface area is 239 Å². The molecule has 2 aliphatic heterocycles. The Balaban J connectivity index is 1.51. The van der Waals surface area contributed by atoms with Crippen molar-refractivity contribution < 1.29 is 33.3 Å². The highest BCUT2D eigenvalue weighted by molar-refractivity contribution is 5.91. The number of hydrogen-bond donors (Lipinski definition) is 1. The van der Waals surface area contributed by atoms with E-state index in [2.05, 4.69) is 5.32 Å². The predicted molar refractivity (Wildman–Crippen MR) is 150 cm³/mol. The summed E-state index contributed by atoms with van der Waals surface area (Å²) in [4.78, 5) is 50.6. The number of benzene rings is 1. The van der Waals surface area contributed by atoms with Crippen molar-refractivity contribution in [2.75, 3.05) is 20.8 Å². The molecule has 11 nitrogen and oxygen atoms in total.